The van der Waals surface area contributed by atoms with Crippen LogP contribution in [0.1, 0.15) is 113 Å². The Balaban J connectivity index is 1.15. The Labute approximate surface area is 325 Å². The van der Waals surface area contributed by atoms with Gasteiger partial charge in [-0.1, -0.05) is 60.1 Å². The van der Waals surface area contributed by atoms with Crippen molar-refractivity contribution in [3.8, 4) is 0 Å². The van der Waals surface area contributed by atoms with Gasteiger partial charge >= 0.3 is 5.97 Å². The van der Waals surface area contributed by atoms with Gasteiger partial charge in [-0.15, -0.1) is 0 Å². The highest BCUT2D eigenvalue weighted by Gasteiger charge is 2.69. The van der Waals surface area contributed by atoms with Crippen LogP contribution in [0.4, 0.5) is 0 Å². The van der Waals surface area contributed by atoms with Crippen LogP contribution in [0.3, 0.4) is 0 Å². The fourth-order valence-corrected chi connectivity index (χ4v) is 13.7. The van der Waals surface area contributed by atoms with E-state index in [0.717, 1.165) is 51.4 Å². The molecule has 8 N–H and O–H groups in total. The van der Waals surface area contributed by atoms with Crippen molar-refractivity contribution >= 4 is 5.97 Å². The fourth-order valence-electron chi connectivity index (χ4n) is 13.7. The summed E-state index contributed by atoms with van der Waals surface area (Å²) in [5.41, 5.74) is 0.210. The molecule has 2 saturated heterocycles. The van der Waals surface area contributed by atoms with Gasteiger partial charge in [-0.3, -0.25) is 4.79 Å². The van der Waals surface area contributed by atoms with E-state index in [1.54, 1.807) is 0 Å². The Kier molecular flexibility index (Phi) is 10.8. The molecule has 0 amide bonds. The Morgan fingerprint density at radius 2 is 1.35 bits per heavy atom. The van der Waals surface area contributed by atoms with Crippen molar-refractivity contribution in [1.82, 2.24) is 0 Å². The third kappa shape index (κ3) is 6.23. The van der Waals surface area contributed by atoms with Crippen LogP contribution in [0.25, 0.3) is 0 Å². The monoisotopic (exact) mass is 780 g/mol. The van der Waals surface area contributed by atoms with Crippen molar-refractivity contribution in [2.75, 3.05) is 13.2 Å². The van der Waals surface area contributed by atoms with Crippen LogP contribution in [0.2, 0.25) is 0 Å². The van der Waals surface area contributed by atoms with Crippen LogP contribution in [-0.2, 0) is 23.7 Å². The summed E-state index contributed by atoms with van der Waals surface area (Å²) in [7, 11) is 0. The summed E-state index contributed by atoms with van der Waals surface area (Å²) < 4.78 is 24.4. The molecule has 7 rings (SSSR count). The van der Waals surface area contributed by atoms with Gasteiger partial charge in [0.25, 0.3) is 0 Å². The van der Waals surface area contributed by atoms with E-state index < -0.39 is 91.4 Å². The zero-order valence-electron chi connectivity index (χ0n) is 33.8. The summed E-state index contributed by atoms with van der Waals surface area (Å²) in [4.78, 5) is 13.1. The number of carbonyl (C=O) groups is 1. The van der Waals surface area contributed by atoms with E-state index in [1.165, 1.54) is 5.57 Å². The SMILES string of the molecule is CC1(C)CC[C@]2(C(=O)O)CC[C@]3(C)C(=CC[C@@H]4[C@@]5(C)CC[C@H](O[C@H]6O[C@H](CO)[C@@H](O)[C@H](O)[C@H]6O[C@H]6O[C@H](CO)[C@H](O)[C@H](O)[C@H]6O)C(C)(C)[C@@H]5CC[C@]43C)[C@@H]2C1. The molecule has 18 atom stereocenters. The molecular weight excluding hydrogens is 712 g/mol. The second-order valence-corrected chi connectivity index (χ2v) is 20.7. The van der Waals surface area contributed by atoms with E-state index >= 15 is 0 Å². The van der Waals surface area contributed by atoms with Gasteiger partial charge in [0.2, 0.25) is 0 Å². The minimum atomic E-state index is -1.75. The molecule has 7 aliphatic rings. The van der Waals surface area contributed by atoms with Gasteiger partial charge in [0.15, 0.2) is 12.6 Å². The summed E-state index contributed by atoms with van der Waals surface area (Å²) >= 11 is 0. The molecule has 314 valence electrons. The van der Waals surface area contributed by atoms with E-state index in [4.69, 9.17) is 18.9 Å². The lowest BCUT2D eigenvalue weighted by Gasteiger charge is -2.71. The minimum Gasteiger partial charge on any atom is -0.481 e. The lowest BCUT2D eigenvalue weighted by molar-refractivity contribution is -0.378. The van der Waals surface area contributed by atoms with Gasteiger partial charge in [0.05, 0.1) is 24.7 Å². The molecular formula is C42H68O13. The number of aliphatic hydroxyl groups excluding tert-OH is 7. The lowest BCUT2D eigenvalue weighted by Crippen LogP contribution is -2.67. The maximum absolute atomic E-state index is 13.1. The van der Waals surface area contributed by atoms with Crippen molar-refractivity contribution < 1.29 is 64.6 Å². The molecule has 0 aromatic carbocycles. The summed E-state index contributed by atoms with van der Waals surface area (Å²) in [6.07, 6.45) is -4.41. The lowest BCUT2D eigenvalue weighted by atomic mass is 9.33. The number of ether oxygens (including phenoxy) is 4. The van der Waals surface area contributed by atoms with E-state index in [9.17, 15) is 45.6 Å². The van der Waals surface area contributed by atoms with Gasteiger partial charge in [0, 0.05) is 0 Å². The quantitative estimate of drug-likeness (QED) is 0.138. The Morgan fingerprint density at radius 3 is 1.98 bits per heavy atom. The highest BCUT2D eigenvalue weighted by Crippen LogP contribution is 2.76. The number of rotatable bonds is 7. The predicted molar refractivity (Wildman–Crippen MR) is 198 cm³/mol. The van der Waals surface area contributed by atoms with E-state index in [-0.39, 0.29) is 39.6 Å². The molecule has 2 heterocycles. The van der Waals surface area contributed by atoms with Gasteiger partial charge in [0.1, 0.15) is 48.8 Å². The van der Waals surface area contributed by atoms with E-state index in [0.29, 0.717) is 18.8 Å². The zero-order chi connectivity index (χ0) is 40.3. The standard InChI is InChI=1S/C42H68O13/c1-37(2)14-16-42(36(50)51)17-15-40(6)21(22(42)18-37)8-9-26-39(5)12-11-27(38(3,4)25(39)10-13-41(26,40)7)54-35-33(31(48)29(46)24(20-44)53-35)55-34-32(49)30(47)28(45)23(19-43)52-34/h8,22-35,43-49H,9-20H2,1-7H3,(H,50,51)/t22-,23+,24+,25-,26+,27-,28-,29+,30-,31-,32+,33+,34+,35+,39-,40+,41+,42-/m0/s1. The molecule has 0 aromatic heterocycles. The molecule has 55 heavy (non-hydrogen) atoms. The molecule has 6 fully saturated rings. The van der Waals surface area contributed by atoms with Crippen LogP contribution in [0, 0.1) is 50.2 Å². The van der Waals surface area contributed by atoms with Crippen LogP contribution in [0.5, 0.6) is 0 Å². The third-order valence-corrected chi connectivity index (χ3v) is 17.3. The third-order valence-electron chi connectivity index (χ3n) is 17.3. The van der Waals surface area contributed by atoms with E-state index in [2.05, 4.69) is 54.5 Å². The van der Waals surface area contributed by atoms with Gasteiger partial charge in [-0.05, 0) is 109 Å². The Morgan fingerprint density at radius 1 is 0.727 bits per heavy atom. The molecule has 2 aliphatic heterocycles. The molecule has 0 aromatic rings. The average molecular weight is 781 g/mol. The largest absolute Gasteiger partial charge is 0.481 e. The molecule has 13 nitrogen and oxygen atoms in total. The van der Waals surface area contributed by atoms with Crippen LogP contribution < -0.4 is 0 Å². The first kappa shape index (κ1) is 41.9. The number of aliphatic carboxylic acids is 1. The molecule has 0 bridgehead atoms. The molecule has 5 aliphatic carbocycles. The minimum absolute atomic E-state index is 0.0240. The normalized spacial score (nSPS) is 53.2. The van der Waals surface area contributed by atoms with Gasteiger partial charge in [-0.25, -0.2) is 0 Å². The second-order valence-electron chi connectivity index (χ2n) is 20.7. The molecule has 0 radical (unpaired) electrons. The summed E-state index contributed by atoms with van der Waals surface area (Å²) in [6, 6.07) is 0. The summed E-state index contributed by atoms with van der Waals surface area (Å²) in [5, 5.41) is 84.1. The molecule has 13 heteroatoms. The summed E-state index contributed by atoms with van der Waals surface area (Å²) in [5.74, 6) is 0.0181. The zero-order valence-corrected chi connectivity index (χ0v) is 33.8. The van der Waals surface area contributed by atoms with E-state index in [1.807, 2.05) is 0 Å². The second kappa shape index (κ2) is 14.2. The average Bonchev–Trinajstić information content (AvgIpc) is 3.12. The van der Waals surface area contributed by atoms with Crippen molar-refractivity contribution in [3.63, 3.8) is 0 Å². The number of allylic oxidation sites excluding steroid dienone is 2. The van der Waals surface area contributed by atoms with Crippen molar-refractivity contribution in [2.45, 2.75) is 180 Å². The highest BCUT2D eigenvalue weighted by atomic mass is 16.8. The van der Waals surface area contributed by atoms with Gasteiger partial charge < -0.3 is 59.8 Å². The van der Waals surface area contributed by atoms with Crippen molar-refractivity contribution in [1.29, 1.82) is 0 Å². The number of hydrogen-bond donors (Lipinski definition) is 8. The predicted octanol–water partition coefficient (Wildman–Crippen LogP) is 2.88. The maximum Gasteiger partial charge on any atom is 0.310 e. The van der Waals surface area contributed by atoms with Crippen molar-refractivity contribution in [3.05, 3.63) is 11.6 Å². The number of carboxylic acid groups (broad SMARTS) is 1. The topological polar surface area (TPSA) is 216 Å². The first-order valence-corrected chi connectivity index (χ1v) is 20.8. The first-order chi connectivity index (χ1) is 25.6. The molecule has 0 unspecified atom stereocenters. The first-order valence-electron chi connectivity index (χ1n) is 20.8. The number of aliphatic hydroxyl groups is 7. The number of fused-ring (bicyclic) bond motifs is 7. The highest BCUT2D eigenvalue weighted by molar-refractivity contribution is 5.76. The fraction of sp³-hybridized carbons (Fsp3) is 0.929. The van der Waals surface area contributed by atoms with Crippen LogP contribution in [0.15, 0.2) is 11.6 Å². The van der Waals surface area contributed by atoms with Gasteiger partial charge in [-0.2, -0.15) is 0 Å². The Bertz CT molecular complexity index is 1480. The smallest absolute Gasteiger partial charge is 0.310 e. The molecule has 0 spiro atoms. The number of hydrogen-bond acceptors (Lipinski definition) is 12. The Hall–Kier alpha value is -1.23. The maximum atomic E-state index is 13.1. The van der Waals surface area contributed by atoms with Crippen molar-refractivity contribution in [2.24, 2.45) is 50.2 Å². The summed E-state index contributed by atoms with van der Waals surface area (Å²) in [6.45, 7) is 15.1. The van der Waals surface area contributed by atoms with Crippen LogP contribution in [-0.4, -0.2) is 128 Å². The number of carboxylic acids is 1. The van der Waals surface area contributed by atoms with Crippen LogP contribution >= 0.6 is 0 Å². The molecule has 4 saturated carbocycles.